The Kier molecular flexibility index (Phi) is 6.68. The number of hydrogen-bond acceptors (Lipinski definition) is 7. The maximum atomic E-state index is 12.7. The third-order valence-electron chi connectivity index (χ3n) is 3.64. The average molecular weight is 432 g/mol. The van der Waals surface area contributed by atoms with Crippen molar-refractivity contribution in [2.75, 3.05) is 7.11 Å². The molecule has 0 spiro atoms. The van der Waals surface area contributed by atoms with E-state index in [0.717, 1.165) is 16.7 Å². The molecular weight excluding hydrogens is 418 g/mol. The summed E-state index contributed by atoms with van der Waals surface area (Å²) in [6.07, 6.45) is 0.700. The van der Waals surface area contributed by atoms with Gasteiger partial charge in [0.2, 0.25) is 0 Å². The fraction of sp³-hybridized carbons (Fsp3) is 0.250. The fourth-order valence-electron chi connectivity index (χ4n) is 2.35. The van der Waals surface area contributed by atoms with E-state index in [1.165, 1.54) is 25.3 Å². The maximum absolute atomic E-state index is 12.7. The van der Waals surface area contributed by atoms with Crippen molar-refractivity contribution >= 4 is 63.8 Å². The monoisotopic (exact) mass is 431 g/mol. The van der Waals surface area contributed by atoms with Crippen LogP contribution >= 0.6 is 35.6 Å². The molecule has 0 aromatic heterocycles. The second-order valence-electron chi connectivity index (χ2n) is 5.38. The lowest BCUT2D eigenvalue weighted by molar-refractivity contribution is -0.146. The minimum absolute atomic E-state index is 0.00547. The number of carboxylic acids is 2. The van der Waals surface area contributed by atoms with Gasteiger partial charge in [-0.2, -0.15) is 0 Å². The molecule has 27 heavy (non-hydrogen) atoms. The van der Waals surface area contributed by atoms with Crippen LogP contribution in [0, 0.1) is 0 Å². The van der Waals surface area contributed by atoms with Gasteiger partial charge in [0.25, 0.3) is 5.91 Å². The number of benzene rings is 1. The molecule has 1 atom stereocenters. The van der Waals surface area contributed by atoms with E-state index in [4.69, 9.17) is 33.7 Å². The standard InChI is InChI=1S/C16H14ClNO7S2/c1-25-11-4-7(8(17)6-10(11)19)5-12-14(22)18(16(26)27-12)9(15(23)24)2-3-13(20)21/h4-6,9,19H,2-3H2,1H3,(H,20,21)(H,23,24)/b12-5-/t9-/m0/s1. The summed E-state index contributed by atoms with van der Waals surface area (Å²) in [5.74, 6) is -3.22. The molecule has 11 heteroatoms. The molecule has 3 N–H and O–H groups in total. The zero-order valence-corrected chi connectivity index (χ0v) is 16.2. The van der Waals surface area contributed by atoms with Crippen LogP contribution in [0.2, 0.25) is 5.02 Å². The number of thiocarbonyl (C=S) groups is 1. The van der Waals surface area contributed by atoms with Crippen molar-refractivity contribution in [1.29, 1.82) is 0 Å². The molecule has 1 aromatic carbocycles. The summed E-state index contributed by atoms with van der Waals surface area (Å²) in [5, 5.41) is 28.0. The number of amides is 1. The first-order chi connectivity index (χ1) is 12.6. The molecule has 8 nitrogen and oxygen atoms in total. The molecule has 0 unspecified atom stereocenters. The van der Waals surface area contributed by atoms with E-state index in [2.05, 4.69) is 0 Å². The number of carboxylic acid groups (broad SMARTS) is 2. The van der Waals surface area contributed by atoms with E-state index >= 15 is 0 Å². The second-order valence-corrected chi connectivity index (χ2v) is 7.47. The van der Waals surface area contributed by atoms with Gasteiger partial charge in [0.05, 0.1) is 17.0 Å². The summed E-state index contributed by atoms with van der Waals surface area (Å²) in [4.78, 5) is 35.9. The molecule has 1 amide bonds. The maximum Gasteiger partial charge on any atom is 0.326 e. The first kappa shape index (κ1) is 21.0. The Labute approximate surface area is 168 Å². The number of phenols is 1. The van der Waals surface area contributed by atoms with Crippen LogP contribution in [0.25, 0.3) is 6.08 Å². The predicted octanol–water partition coefficient (Wildman–Crippen LogP) is 2.57. The second kappa shape index (κ2) is 8.59. The average Bonchev–Trinajstić information content (AvgIpc) is 2.84. The Hall–Kier alpha value is -2.30. The molecule has 1 fully saturated rings. The molecule has 0 bridgehead atoms. The lowest BCUT2D eigenvalue weighted by Crippen LogP contribution is -2.44. The number of aromatic hydroxyl groups is 1. The zero-order chi connectivity index (χ0) is 20.3. The molecule has 1 heterocycles. The molecular formula is C16H14ClNO7S2. The van der Waals surface area contributed by atoms with Crippen LogP contribution in [0.1, 0.15) is 18.4 Å². The first-order valence-electron chi connectivity index (χ1n) is 7.43. The highest BCUT2D eigenvalue weighted by molar-refractivity contribution is 8.26. The summed E-state index contributed by atoms with van der Waals surface area (Å²) < 4.78 is 5.00. The number of rotatable bonds is 7. The Morgan fingerprint density at radius 2 is 2.07 bits per heavy atom. The number of methoxy groups -OCH3 is 1. The van der Waals surface area contributed by atoms with Gasteiger partial charge in [-0.1, -0.05) is 35.6 Å². The van der Waals surface area contributed by atoms with Gasteiger partial charge in [0.15, 0.2) is 11.5 Å². The highest BCUT2D eigenvalue weighted by atomic mass is 35.5. The van der Waals surface area contributed by atoms with Crippen LogP contribution in [0.15, 0.2) is 17.0 Å². The summed E-state index contributed by atoms with van der Waals surface area (Å²) in [5.41, 5.74) is 0.365. The molecule has 0 radical (unpaired) electrons. The lowest BCUT2D eigenvalue weighted by Gasteiger charge is -2.22. The van der Waals surface area contributed by atoms with E-state index in [9.17, 15) is 24.6 Å². The third kappa shape index (κ3) is 4.71. The van der Waals surface area contributed by atoms with Crippen LogP contribution in [0.5, 0.6) is 11.5 Å². The molecule has 1 aliphatic heterocycles. The number of halogens is 1. The minimum Gasteiger partial charge on any atom is -0.504 e. The van der Waals surface area contributed by atoms with Gasteiger partial charge in [-0.15, -0.1) is 0 Å². The number of aliphatic carboxylic acids is 2. The van der Waals surface area contributed by atoms with Gasteiger partial charge >= 0.3 is 11.9 Å². The van der Waals surface area contributed by atoms with Crippen molar-refractivity contribution in [2.24, 2.45) is 0 Å². The summed E-state index contributed by atoms with van der Waals surface area (Å²) >= 11 is 12.1. The van der Waals surface area contributed by atoms with Crippen LogP contribution in [-0.2, 0) is 14.4 Å². The third-order valence-corrected chi connectivity index (χ3v) is 5.29. The van der Waals surface area contributed by atoms with Crippen LogP contribution in [-0.4, -0.2) is 55.5 Å². The minimum atomic E-state index is -1.38. The first-order valence-corrected chi connectivity index (χ1v) is 9.04. The van der Waals surface area contributed by atoms with Crippen molar-refractivity contribution in [3.63, 3.8) is 0 Å². The van der Waals surface area contributed by atoms with Gasteiger partial charge in [0.1, 0.15) is 10.4 Å². The molecule has 2 rings (SSSR count). The highest BCUT2D eigenvalue weighted by Gasteiger charge is 2.40. The van der Waals surface area contributed by atoms with Crippen LogP contribution in [0.4, 0.5) is 0 Å². The summed E-state index contributed by atoms with van der Waals surface area (Å²) in [7, 11) is 1.35. The summed E-state index contributed by atoms with van der Waals surface area (Å²) in [6.45, 7) is 0. The number of phenolic OH excluding ortho intramolecular Hbond substituents is 1. The van der Waals surface area contributed by atoms with Gasteiger partial charge in [-0.25, -0.2) is 4.79 Å². The molecule has 144 valence electrons. The van der Waals surface area contributed by atoms with Gasteiger partial charge in [-0.3, -0.25) is 14.5 Å². The Bertz CT molecular complexity index is 855. The quantitative estimate of drug-likeness (QED) is 0.441. The molecule has 1 saturated heterocycles. The normalized spacial score (nSPS) is 16.7. The number of hydrogen-bond donors (Lipinski definition) is 3. The van der Waals surface area contributed by atoms with Gasteiger partial charge < -0.3 is 20.1 Å². The van der Waals surface area contributed by atoms with E-state index < -0.39 is 30.3 Å². The largest absolute Gasteiger partial charge is 0.504 e. The van der Waals surface area contributed by atoms with Crippen molar-refractivity contribution in [3.8, 4) is 11.5 Å². The smallest absolute Gasteiger partial charge is 0.326 e. The van der Waals surface area contributed by atoms with Crippen LogP contribution < -0.4 is 4.74 Å². The fourth-order valence-corrected chi connectivity index (χ4v) is 3.91. The van der Waals surface area contributed by atoms with Gasteiger partial charge in [-0.05, 0) is 24.1 Å². The highest BCUT2D eigenvalue weighted by Crippen LogP contribution is 2.38. The zero-order valence-electron chi connectivity index (χ0n) is 13.8. The Morgan fingerprint density at radius 3 is 2.63 bits per heavy atom. The lowest BCUT2D eigenvalue weighted by atomic mass is 10.1. The van der Waals surface area contributed by atoms with Crippen LogP contribution in [0.3, 0.4) is 0 Å². The SMILES string of the molecule is COc1cc(/C=C2\SC(=S)N([C@@H](CCC(=O)O)C(=O)O)C2=O)c(Cl)cc1O. The van der Waals surface area contributed by atoms with Crippen molar-refractivity contribution < 1.29 is 34.4 Å². The van der Waals surface area contributed by atoms with E-state index in [1.54, 1.807) is 0 Å². The topological polar surface area (TPSA) is 124 Å². The predicted molar refractivity (Wildman–Crippen MR) is 103 cm³/mol. The number of nitrogens with zero attached hydrogens (tertiary/aromatic N) is 1. The number of thioether (sulfide) groups is 1. The number of ether oxygens (including phenoxy) is 1. The van der Waals surface area contributed by atoms with Crippen molar-refractivity contribution in [2.45, 2.75) is 18.9 Å². The molecule has 1 aliphatic rings. The van der Waals surface area contributed by atoms with Gasteiger partial charge in [0, 0.05) is 12.5 Å². The number of carbonyl (C=O) groups excluding carboxylic acids is 1. The van der Waals surface area contributed by atoms with Crippen molar-refractivity contribution in [3.05, 3.63) is 27.6 Å². The Balaban J connectivity index is 2.35. The molecule has 0 aliphatic carbocycles. The van der Waals surface area contributed by atoms with E-state index in [1.807, 2.05) is 0 Å². The molecule has 0 saturated carbocycles. The summed E-state index contributed by atoms with van der Waals surface area (Å²) in [6, 6.07) is 1.28. The molecule has 1 aromatic rings. The number of carbonyl (C=O) groups is 3. The Morgan fingerprint density at radius 1 is 1.41 bits per heavy atom. The van der Waals surface area contributed by atoms with Crippen molar-refractivity contribution in [1.82, 2.24) is 4.90 Å². The van der Waals surface area contributed by atoms with E-state index in [0.29, 0.717) is 5.56 Å². The van der Waals surface area contributed by atoms with E-state index in [-0.39, 0.29) is 32.2 Å².